The second-order valence-corrected chi connectivity index (χ2v) is 12.1. The maximum absolute atomic E-state index is 13.9. The molecule has 5 fully saturated rings. The topological polar surface area (TPSA) is 98.8 Å². The van der Waals surface area contributed by atoms with E-state index in [2.05, 4.69) is 10.2 Å². The molecular formula is C25H29N5O4S. The Kier molecular flexibility index (Phi) is 4.69. The van der Waals surface area contributed by atoms with Crippen LogP contribution in [0.2, 0.25) is 0 Å². The first-order valence-electron chi connectivity index (χ1n) is 12.7. The molecule has 4 bridgehead atoms. The quantitative estimate of drug-likeness (QED) is 0.516. The maximum Gasteiger partial charge on any atom is 0.329 e. The third-order valence-corrected chi connectivity index (χ3v) is 9.91. The molecule has 1 unspecified atom stereocenters. The number of amides is 1. The van der Waals surface area contributed by atoms with E-state index >= 15 is 0 Å². The molecule has 8 rings (SSSR count). The third-order valence-electron chi connectivity index (χ3n) is 9.02. The molecule has 3 aromatic rings. The Morgan fingerprint density at radius 1 is 1.14 bits per heavy atom. The van der Waals surface area contributed by atoms with Gasteiger partial charge in [-0.15, -0.1) is 21.5 Å². The van der Waals surface area contributed by atoms with Crippen LogP contribution < -0.4 is 5.56 Å². The minimum Gasteiger partial charge on any atom is -0.456 e. The van der Waals surface area contributed by atoms with Crippen molar-refractivity contribution in [2.45, 2.75) is 64.0 Å². The van der Waals surface area contributed by atoms with E-state index in [1.54, 1.807) is 11.4 Å². The maximum atomic E-state index is 13.9. The standard InChI is InChI=1S/C25H29N5O4S/c1-28-21(31)20-17(4-6-35-20)30-19(26-27-24(28)30)13-34-22(32)18-3-2-5-29(18)23(33)25-10-14-7-15(11-25)9-16(8-14)12-25/h4,6,14-16,18H,2-3,5,7-13H2,1H3. The van der Waals surface area contributed by atoms with Crippen molar-refractivity contribution in [2.24, 2.45) is 30.2 Å². The average molecular weight is 496 g/mol. The molecule has 0 N–H and O–H groups in total. The van der Waals surface area contributed by atoms with Crippen LogP contribution in [0.5, 0.6) is 0 Å². The number of fused-ring (bicyclic) bond motifs is 3. The Labute approximate surface area is 206 Å². The number of likely N-dealkylation sites (tertiary alicyclic amines) is 1. The summed E-state index contributed by atoms with van der Waals surface area (Å²) < 4.78 is 9.57. The summed E-state index contributed by atoms with van der Waals surface area (Å²) in [4.78, 5) is 41.5. The van der Waals surface area contributed by atoms with Gasteiger partial charge in [0.15, 0.2) is 12.4 Å². The molecule has 0 radical (unpaired) electrons. The predicted molar refractivity (Wildman–Crippen MR) is 129 cm³/mol. The highest BCUT2D eigenvalue weighted by molar-refractivity contribution is 7.17. The zero-order chi connectivity index (χ0) is 23.9. The summed E-state index contributed by atoms with van der Waals surface area (Å²) in [6.45, 7) is 0.574. The van der Waals surface area contributed by atoms with Crippen LogP contribution in [0.3, 0.4) is 0 Å². The highest BCUT2D eigenvalue weighted by atomic mass is 32.1. The molecule has 4 heterocycles. The van der Waals surface area contributed by atoms with E-state index in [9.17, 15) is 14.4 Å². The molecule has 35 heavy (non-hydrogen) atoms. The van der Waals surface area contributed by atoms with Gasteiger partial charge in [-0.05, 0) is 80.6 Å². The van der Waals surface area contributed by atoms with Gasteiger partial charge in [0.25, 0.3) is 5.56 Å². The van der Waals surface area contributed by atoms with Crippen molar-refractivity contribution in [3.8, 4) is 0 Å². The van der Waals surface area contributed by atoms with E-state index in [1.165, 1.54) is 35.2 Å². The van der Waals surface area contributed by atoms with Gasteiger partial charge < -0.3 is 9.64 Å². The highest BCUT2D eigenvalue weighted by Crippen LogP contribution is 2.60. The van der Waals surface area contributed by atoms with E-state index in [4.69, 9.17) is 4.74 Å². The molecule has 0 aromatic carbocycles. The van der Waals surface area contributed by atoms with Crippen molar-refractivity contribution in [3.63, 3.8) is 0 Å². The SMILES string of the molecule is Cn1c(=O)c2sccc2n2c(COC(=O)C3CCCN3C(=O)C34CC5CC(CC(C5)C3)C4)nnc12. The van der Waals surface area contributed by atoms with Crippen molar-refractivity contribution in [1.82, 2.24) is 24.1 Å². The van der Waals surface area contributed by atoms with Gasteiger partial charge in [-0.3, -0.25) is 18.6 Å². The third kappa shape index (κ3) is 3.14. The van der Waals surface area contributed by atoms with Crippen LogP contribution in [-0.2, 0) is 28.0 Å². The van der Waals surface area contributed by atoms with Crippen LogP contribution >= 0.6 is 11.3 Å². The van der Waals surface area contributed by atoms with Crippen molar-refractivity contribution >= 4 is 39.2 Å². The lowest BCUT2D eigenvalue weighted by Crippen LogP contribution is -2.56. The number of carbonyl (C=O) groups is 2. The number of aromatic nitrogens is 4. The number of rotatable bonds is 4. The first kappa shape index (κ1) is 21.5. The molecule has 4 aliphatic carbocycles. The van der Waals surface area contributed by atoms with Crippen molar-refractivity contribution < 1.29 is 14.3 Å². The Hall–Kier alpha value is -2.75. The largest absolute Gasteiger partial charge is 0.456 e. The lowest BCUT2D eigenvalue weighted by atomic mass is 9.49. The van der Waals surface area contributed by atoms with Crippen LogP contribution in [0, 0.1) is 23.2 Å². The Morgan fingerprint density at radius 2 is 1.86 bits per heavy atom. The van der Waals surface area contributed by atoms with E-state index < -0.39 is 6.04 Å². The lowest BCUT2D eigenvalue weighted by Gasteiger charge is -2.56. The Bertz CT molecular complexity index is 1390. The number of ether oxygens (including phenoxy) is 1. The van der Waals surface area contributed by atoms with Crippen LogP contribution in [0.15, 0.2) is 16.2 Å². The summed E-state index contributed by atoms with van der Waals surface area (Å²) in [5, 5.41) is 10.2. The van der Waals surface area contributed by atoms with Gasteiger partial charge >= 0.3 is 5.97 Å². The van der Waals surface area contributed by atoms with Crippen molar-refractivity contribution in [3.05, 3.63) is 27.6 Å². The fourth-order valence-corrected chi connectivity index (χ4v) is 8.76. The molecule has 184 valence electrons. The van der Waals surface area contributed by atoms with E-state index in [0.29, 0.717) is 52.5 Å². The molecule has 1 saturated heterocycles. The Balaban J connectivity index is 1.11. The molecule has 1 atom stereocenters. The van der Waals surface area contributed by atoms with Gasteiger partial charge in [0.2, 0.25) is 11.7 Å². The summed E-state index contributed by atoms with van der Waals surface area (Å²) in [7, 11) is 1.66. The van der Waals surface area contributed by atoms with Gasteiger partial charge in [0.05, 0.1) is 10.9 Å². The number of nitrogens with zero attached hydrogens (tertiary/aromatic N) is 5. The minimum absolute atomic E-state index is 0.0565. The van der Waals surface area contributed by atoms with Crippen molar-refractivity contribution in [2.75, 3.05) is 6.54 Å². The van der Waals surface area contributed by atoms with Crippen LogP contribution in [0.25, 0.3) is 16.0 Å². The molecule has 10 heteroatoms. The molecule has 9 nitrogen and oxygen atoms in total. The number of hydrogen-bond donors (Lipinski definition) is 0. The molecule has 1 aliphatic heterocycles. The normalized spacial score (nSPS) is 31.6. The molecule has 5 aliphatic rings. The summed E-state index contributed by atoms with van der Waals surface area (Å²) in [6, 6.07) is 1.33. The second-order valence-electron chi connectivity index (χ2n) is 11.2. The zero-order valence-corrected chi connectivity index (χ0v) is 20.6. The van der Waals surface area contributed by atoms with Gasteiger partial charge in [-0.1, -0.05) is 0 Å². The van der Waals surface area contributed by atoms with Crippen molar-refractivity contribution in [1.29, 1.82) is 0 Å². The number of esters is 1. The second kappa shape index (κ2) is 7.62. The van der Waals surface area contributed by atoms with Crippen LogP contribution in [0.4, 0.5) is 0 Å². The summed E-state index contributed by atoms with van der Waals surface area (Å²) in [6.07, 6.45) is 8.31. The molecule has 1 amide bonds. The molecule has 0 spiro atoms. The van der Waals surface area contributed by atoms with E-state index in [1.807, 2.05) is 16.3 Å². The summed E-state index contributed by atoms with van der Waals surface area (Å²) in [5.41, 5.74) is 0.336. The van der Waals surface area contributed by atoms with Gasteiger partial charge in [-0.25, -0.2) is 4.79 Å². The van der Waals surface area contributed by atoms with Gasteiger partial charge in [-0.2, -0.15) is 0 Å². The molecular weight excluding hydrogens is 466 g/mol. The van der Waals surface area contributed by atoms with E-state index in [-0.39, 0.29) is 29.5 Å². The van der Waals surface area contributed by atoms with Gasteiger partial charge in [0, 0.05) is 13.6 Å². The monoisotopic (exact) mass is 495 g/mol. The first-order valence-corrected chi connectivity index (χ1v) is 13.6. The molecule has 3 aromatic heterocycles. The smallest absolute Gasteiger partial charge is 0.329 e. The fourth-order valence-electron chi connectivity index (χ4n) is 7.91. The number of aryl methyl sites for hydroxylation is 1. The Morgan fingerprint density at radius 3 is 2.57 bits per heavy atom. The summed E-state index contributed by atoms with van der Waals surface area (Å²) >= 11 is 1.36. The van der Waals surface area contributed by atoms with E-state index in [0.717, 1.165) is 25.7 Å². The predicted octanol–water partition coefficient (Wildman–Crippen LogP) is 2.89. The van der Waals surface area contributed by atoms with Crippen LogP contribution in [-0.4, -0.2) is 48.5 Å². The number of carbonyl (C=O) groups excluding carboxylic acids is 2. The van der Waals surface area contributed by atoms with Crippen LogP contribution in [0.1, 0.15) is 57.2 Å². The average Bonchev–Trinajstić information content (AvgIpc) is 3.58. The lowest BCUT2D eigenvalue weighted by molar-refractivity contribution is -0.166. The number of hydrogen-bond acceptors (Lipinski definition) is 7. The number of thiophene rings is 1. The minimum atomic E-state index is -0.528. The molecule has 4 saturated carbocycles. The zero-order valence-electron chi connectivity index (χ0n) is 19.8. The highest BCUT2D eigenvalue weighted by Gasteiger charge is 2.57. The first-order chi connectivity index (χ1) is 16.9. The van der Waals surface area contributed by atoms with Gasteiger partial charge in [0.1, 0.15) is 10.7 Å². The summed E-state index contributed by atoms with van der Waals surface area (Å²) in [5.74, 6) is 2.75. The fraction of sp³-hybridized carbons (Fsp3) is 0.640.